The summed E-state index contributed by atoms with van der Waals surface area (Å²) in [6.07, 6.45) is 0. The van der Waals surface area contributed by atoms with Crippen LogP contribution in [-0.2, 0) is 4.79 Å². The van der Waals surface area contributed by atoms with Crippen LogP contribution in [0.25, 0.3) is 0 Å². The summed E-state index contributed by atoms with van der Waals surface area (Å²) in [6, 6.07) is 11.9. The van der Waals surface area contributed by atoms with Gasteiger partial charge >= 0.3 is 0 Å². The number of nitro benzene ring substituents is 1. The maximum absolute atomic E-state index is 11.8. The van der Waals surface area contributed by atoms with Gasteiger partial charge in [-0.3, -0.25) is 30.6 Å². The monoisotopic (exact) mass is 348 g/mol. The molecular weight excluding hydrogens is 336 g/mol. The first-order chi connectivity index (χ1) is 11.5. The average Bonchev–Trinajstić information content (AvgIpc) is 2.59. The molecule has 0 spiro atoms. The molecule has 2 amide bonds. The highest BCUT2D eigenvalue weighted by Crippen LogP contribution is 2.19. The molecule has 0 unspecified atom stereocenters. The molecule has 0 radical (unpaired) electrons. The third-order valence-electron chi connectivity index (χ3n) is 2.97. The number of non-ortho nitro benzene ring substituents is 1. The number of anilines is 1. The van der Waals surface area contributed by atoms with E-state index < -0.39 is 16.7 Å². The fourth-order valence-electron chi connectivity index (χ4n) is 1.76. The predicted molar refractivity (Wildman–Crippen MR) is 88.6 cm³/mol. The van der Waals surface area contributed by atoms with Crippen molar-refractivity contribution in [1.29, 1.82) is 0 Å². The molecule has 2 aromatic rings. The van der Waals surface area contributed by atoms with Crippen molar-refractivity contribution in [2.24, 2.45) is 0 Å². The summed E-state index contributed by atoms with van der Waals surface area (Å²) in [6.45, 7) is -0.0930. The zero-order chi connectivity index (χ0) is 17.5. The molecule has 0 aromatic heterocycles. The van der Waals surface area contributed by atoms with Gasteiger partial charge < -0.3 is 5.32 Å². The van der Waals surface area contributed by atoms with E-state index in [9.17, 15) is 19.7 Å². The lowest BCUT2D eigenvalue weighted by atomic mass is 10.2. The highest BCUT2D eigenvalue weighted by molar-refractivity contribution is 6.33. The molecule has 124 valence electrons. The predicted octanol–water partition coefficient (Wildman–Crippen LogP) is 2.12. The van der Waals surface area contributed by atoms with Crippen LogP contribution in [0.4, 0.5) is 11.4 Å². The van der Waals surface area contributed by atoms with Crippen LogP contribution >= 0.6 is 11.6 Å². The van der Waals surface area contributed by atoms with E-state index in [0.29, 0.717) is 10.7 Å². The van der Waals surface area contributed by atoms with Crippen molar-refractivity contribution < 1.29 is 14.5 Å². The topological polar surface area (TPSA) is 113 Å². The second-order valence-electron chi connectivity index (χ2n) is 4.64. The van der Waals surface area contributed by atoms with E-state index in [-0.39, 0.29) is 17.8 Å². The lowest BCUT2D eigenvalue weighted by molar-refractivity contribution is -0.384. The zero-order valence-corrected chi connectivity index (χ0v) is 13.0. The quantitative estimate of drug-likeness (QED) is 0.565. The molecule has 0 bridgehead atoms. The number of hydrogen-bond acceptors (Lipinski definition) is 5. The van der Waals surface area contributed by atoms with Gasteiger partial charge in [0.25, 0.3) is 17.5 Å². The number of nitrogens with one attached hydrogen (secondary N) is 3. The van der Waals surface area contributed by atoms with E-state index in [1.807, 2.05) is 0 Å². The van der Waals surface area contributed by atoms with Crippen molar-refractivity contribution in [3.8, 4) is 0 Å². The molecule has 3 N–H and O–H groups in total. The minimum absolute atomic E-state index is 0.0930. The number of amides is 2. The molecule has 2 aromatic carbocycles. The maximum Gasteiger partial charge on any atom is 0.269 e. The van der Waals surface area contributed by atoms with Gasteiger partial charge in [0.1, 0.15) is 0 Å². The Balaban J connectivity index is 1.81. The van der Waals surface area contributed by atoms with Gasteiger partial charge in [-0.2, -0.15) is 0 Å². The second kappa shape index (κ2) is 7.93. The molecular formula is C15H13ClN4O4. The number of para-hydroxylation sites is 1. The van der Waals surface area contributed by atoms with Crippen LogP contribution in [0.3, 0.4) is 0 Å². The molecule has 0 saturated heterocycles. The van der Waals surface area contributed by atoms with Gasteiger partial charge in [0.05, 0.1) is 22.2 Å². The number of nitrogens with zero attached hydrogens (tertiary/aromatic N) is 1. The molecule has 8 nitrogen and oxygen atoms in total. The van der Waals surface area contributed by atoms with E-state index in [4.69, 9.17) is 11.6 Å². The van der Waals surface area contributed by atoms with Crippen LogP contribution in [0.15, 0.2) is 48.5 Å². The van der Waals surface area contributed by atoms with Gasteiger partial charge in [0.15, 0.2) is 0 Å². The Labute approximate surface area is 141 Å². The number of carbonyl (C=O) groups is 2. The van der Waals surface area contributed by atoms with Crippen molar-refractivity contribution >= 4 is 34.8 Å². The van der Waals surface area contributed by atoms with Gasteiger partial charge in [-0.25, -0.2) is 0 Å². The van der Waals surface area contributed by atoms with Crippen LogP contribution in [0.2, 0.25) is 5.02 Å². The van der Waals surface area contributed by atoms with Crippen molar-refractivity contribution in [3.05, 3.63) is 69.2 Å². The maximum atomic E-state index is 11.8. The first kappa shape index (κ1) is 17.2. The van der Waals surface area contributed by atoms with Crippen LogP contribution in [0.5, 0.6) is 0 Å². The summed E-state index contributed by atoms with van der Waals surface area (Å²) in [5, 5.41) is 13.8. The van der Waals surface area contributed by atoms with Crippen LogP contribution < -0.4 is 16.2 Å². The van der Waals surface area contributed by atoms with Gasteiger partial charge in [-0.15, -0.1) is 0 Å². The number of hydrogen-bond donors (Lipinski definition) is 3. The minimum atomic E-state index is -0.587. The third kappa shape index (κ3) is 4.68. The number of benzene rings is 2. The summed E-state index contributed by atoms with van der Waals surface area (Å²) < 4.78 is 0. The summed E-state index contributed by atoms with van der Waals surface area (Å²) in [7, 11) is 0. The largest absolute Gasteiger partial charge is 0.375 e. The Kier molecular flexibility index (Phi) is 5.69. The molecule has 24 heavy (non-hydrogen) atoms. The molecule has 0 fully saturated rings. The summed E-state index contributed by atoms with van der Waals surface area (Å²) in [5.41, 5.74) is 5.10. The van der Waals surface area contributed by atoms with Gasteiger partial charge in [0.2, 0.25) is 0 Å². The van der Waals surface area contributed by atoms with Crippen LogP contribution in [0, 0.1) is 10.1 Å². The van der Waals surface area contributed by atoms with Crippen molar-refractivity contribution in [2.75, 3.05) is 11.9 Å². The minimum Gasteiger partial charge on any atom is -0.375 e. The van der Waals surface area contributed by atoms with E-state index in [2.05, 4.69) is 16.2 Å². The zero-order valence-electron chi connectivity index (χ0n) is 12.3. The highest BCUT2D eigenvalue weighted by atomic mass is 35.5. The number of rotatable bonds is 5. The smallest absolute Gasteiger partial charge is 0.269 e. The number of carbonyl (C=O) groups excluding carboxylic acids is 2. The Hall–Kier alpha value is -3.13. The lowest BCUT2D eigenvalue weighted by Crippen LogP contribution is -2.44. The molecule has 0 aliphatic heterocycles. The third-order valence-corrected chi connectivity index (χ3v) is 3.30. The molecule has 0 aliphatic rings. The van der Waals surface area contributed by atoms with Crippen molar-refractivity contribution in [2.45, 2.75) is 0 Å². The summed E-state index contributed by atoms with van der Waals surface area (Å²) in [5.74, 6) is -1.07. The Morgan fingerprint density at radius 3 is 2.33 bits per heavy atom. The standard InChI is InChI=1S/C15H13ClN4O4/c16-12-3-1-2-4-13(12)17-9-14(21)18-19-15(22)10-5-7-11(8-6-10)20(23)24/h1-8,17H,9H2,(H,18,21)(H,19,22). The van der Waals surface area contributed by atoms with E-state index in [1.165, 1.54) is 24.3 Å². The average molecular weight is 349 g/mol. The van der Waals surface area contributed by atoms with E-state index in [0.717, 1.165) is 0 Å². The fourth-order valence-corrected chi connectivity index (χ4v) is 1.96. The first-order valence-corrected chi connectivity index (χ1v) is 7.17. The molecule has 9 heteroatoms. The van der Waals surface area contributed by atoms with Crippen molar-refractivity contribution in [1.82, 2.24) is 10.9 Å². The number of hydrazine groups is 1. The first-order valence-electron chi connectivity index (χ1n) is 6.79. The molecule has 2 rings (SSSR count). The van der Waals surface area contributed by atoms with Crippen LogP contribution in [0.1, 0.15) is 10.4 Å². The number of halogens is 1. The lowest BCUT2D eigenvalue weighted by Gasteiger charge is -2.10. The Morgan fingerprint density at radius 1 is 1.04 bits per heavy atom. The molecule has 0 aliphatic carbocycles. The highest BCUT2D eigenvalue weighted by Gasteiger charge is 2.10. The number of nitro groups is 1. The Morgan fingerprint density at radius 2 is 1.71 bits per heavy atom. The normalized spacial score (nSPS) is 9.88. The van der Waals surface area contributed by atoms with Crippen LogP contribution in [-0.4, -0.2) is 23.3 Å². The van der Waals surface area contributed by atoms with Gasteiger partial charge in [-0.1, -0.05) is 23.7 Å². The summed E-state index contributed by atoms with van der Waals surface area (Å²) >= 11 is 5.94. The molecule has 0 atom stereocenters. The van der Waals surface area contributed by atoms with Gasteiger partial charge in [0, 0.05) is 17.7 Å². The fraction of sp³-hybridized carbons (Fsp3) is 0.0667. The van der Waals surface area contributed by atoms with Crippen molar-refractivity contribution in [3.63, 3.8) is 0 Å². The van der Waals surface area contributed by atoms with Gasteiger partial charge in [-0.05, 0) is 24.3 Å². The second-order valence-corrected chi connectivity index (χ2v) is 5.05. The molecule has 0 heterocycles. The van der Waals surface area contributed by atoms with E-state index >= 15 is 0 Å². The SMILES string of the molecule is O=C(CNc1ccccc1Cl)NNC(=O)c1ccc([N+](=O)[O-])cc1. The van der Waals surface area contributed by atoms with E-state index in [1.54, 1.807) is 24.3 Å². The Bertz CT molecular complexity index is 764. The molecule has 0 saturated carbocycles. The summed E-state index contributed by atoms with van der Waals surface area (Å²) in [4.78, 5) is 33.5.